The third kappa shape index (κ3) is 5.07. The number of hydrogen-bond acceptors (Lipinski definition) is 2. The van der Waals surface area contributed by atoms with Crippen LogP contribution in [0.15, 0.2) is 200 Å². The number of hydrogen-bond donors (Lipinski definition) is 0. The van der Waals surface area contributed by atoms with Gasteiger partial charge in [0.1, 0.15) is 0 Å². The van der Waals surface area contributed by atoms with Crippen molar-refractivity contribution in [3.05, 3.63) is 200 Å². The molecule has 0 unspecified atom stereocenters. The molecule has 1 nitrogen and oxygen atoms in total. The van der Waals surface area contributed by atoms with Crippen LogP contribution in [0.4, 0.5) is 17.1 Å². The number of anilines is 3. The molecule has 0 saturated heterocycles. The van der Waals surface area contributed by atoms with Gasteiger partial charge < -0.3 is 4.90 Å². The zero-order chi connectivity index (χ0) is 34.4. The van der Waals surface area contributed by atoms with Crippen LogP contribution in [0.2, 0.25) is 0 Å². The molecule has 10 aromatic rings. The molecule has 1 aromatic heterocycles. The topological polar surface area (TPSA) is 3.24 Å². The molecule has 0 fully saturated rings. The lowest BCUT2D eigenvalue weighted by Gasteiger charge is -2.31. The van der Waals surface area contributed by atoms with E-state index >= 15 is 0 Å². The monoisotopic (exact) mass is 679 g/mol. The van der Waals surface area contributed by atoms with E-state index in [2.05, 4.69) is 205 Å². The minimum atomic E-state index is 1.11. The fraction of sp³-hybridized carbons (Fsp3) is 0. The van der Waals surface area contributed by atoms with E-state index in [1.807, 2.05) is 11.3 Å². The number of fused-ring (bicyclic) bond motifs is 6. The van der Waals surface area contributed by atoms with Gasteiger partial charge in [-0.1, -0.05) is 164 Å². The molecule has 0 spiro atoms. The van der Waals surface area contributed by atoms with E-state index in [1.165, 1.54) is 80.8 Å². The fourth-order valence-corrected chi connectivity index (χ4v) is 9.00. The molecule has 0 aliphatic heterocycles. The van der Waals surface area contributed by atoms with Gasteiger partial charge in [0.15, 0.2) is 0 Å². The first kappa shape index (κ1) is 30.4. The number of benzene rings is 9. The van der Waals surface area contributed by atoms with Gasteiger partial charge in [-0.15, -0.1) is 11.3 Å². The first-order valence-electron chi connectivity index (χ1n) is 17.8. The second-order valence-corrected chi connectivity index (χ2v) is 14.3. The molecule has 52 heavy (non-hydrogen) atoms. The smallest absolute Gasteiger partial charge is 0.0624 e. The second kappa shape index (κ2) is 12.7. The number of rotatable bonds is 6. The predicted octanol–water partition coefficient (Wildman–Crippen LogP) is 14.8. The van der Waals surface area contributed by atoms with Crippen molar-refractivity contribution in [2.75, 3.05) is 4.90 Å². The molecule has 0 aliphatic carbocycles. The molecule has 0 saturated carbocycles. The summed E-state index contributed by atoms with van der Waals surface area (Å²) in [6.07, 6.45) is 0. The number of thiophene rings is 1. The van der Waals surface area contributed by atoms with Gasteiger partial charge >= 0.3 is 0 Å². The average molecular weight is 680 g/mol. The van der Waals surface area contributed by atoms with Crippen LogP contribution < -0.4 is 4.90 Å². The van der Waals surface area contributed by atoms with Crippen molar-refractivity contribution >= 4 is 70.1 Å². The Morgan fingerprint density at radius 3 is 1.48 bits per heavy atom. The zero-order valence-corrected chi connectivity index (χ0v) is 29.2. The maximum Gasteiger partial charge on any atom is 0.0624 e. The van der Waals surface area contributed by atoms with Crippen molar-refractivity contribution < 1.29 is 0 Å². The van der Waals surface area contributed by atoms with Crippen LogP contribution in [0.1, 0.15) is 0 Å². The molecule has 0 amide bonds. The maximum absolute atomic E-state index is 2.52. The van der Waals surface area contributed by atoms with E-state index in [0.717, 1.165) is 11.4 Å². The zero-order valence-electron chi connectivity index (χ0n) is 28.4. The van der Waals surface area contributed by atoms with Crippen LogP contribution >= 0.6 is 11.3 Å². The summed E-state index contributed by atoms with van der Waals surface area (Å²) in [4.78, 5) is 2.52. The molecule has 244 valence electrons. The van der Waals surface area contributed by atoms with Crippen LogP contribution in [0.25, 0.3) is 75.1 Å². The van der Waals surface area contributed by atoms with E-state index in [-0.39, 0.29) is 0 Å². The highest BCUT2D eigenvalue weighted by Crippen LogP contribution is 2.51. The summed E-state index contributed by atoms with van der Waals surface area (Å²) in [5.41, 5.74) is 10.6. The van der Waals surface area contributed by atoms with Crippen LogP contribution in [0, 0.1) is 0 Å². The highest BCUT2D eigenvalue weighted by Gasteiger charge is 2.25. The van der Waals surface area contributed by atoms with Crippen LogP contribution in [0.5, 0.6) is 0 Å². The minimum absolute atomic E-state index is 1.11. The third-order valence-corrected chi connectivity index (χ3v) is 11.4. The molecule has 0 N–H and O–H groups in total. The van der Waals surface area contributed by atoms with E-state index in [1.54, 1.807) is 0 Å². The molecule has 0 bridgehead atoms. The Morgan fingerprint density at radius 2 is 0.788 bits per heavy atom. The second-order valence-electron chi connectivity index (χ2n) is 13.3. The minimum Gasteiger partial charge on any atom is -0.309 e. The van der Waals surface area contributed by atoms with Gasteiger partial charge in [0.2, 0.25) is 0 Å². The van der Waals surface area contributed by atoms with E-state index in [4.69, 9.17) is 0 Å². The molecule has 2 heteroatoms. The van der Waals surface area contributed by atoms with Crippen molar-refractivity contribution in [1.29, 1.82) is 0 Å². The largest absolute Gasteiger partial charge is 0.309 e. The predicted molar refractivity (Wildman–Crippen MR) is 225 cm³/mol. The molecule has 9 aromatic carbocycles. The SMILES string of the molecule is c1ccc(-c2ccc(N(c3ccc4sc5ccccc5c4c3)c3c(-c4ccccc4)c4ccccc4c4ccccc34)cc2-c2ccccc2)cc1. The lowest BCUT2D eigenvalue weighted by atomic mass is 9.89. The van der Waals surface area contributed by atoms with Gasteiger partial charge in [-0.2, -0.15) is 0 Å². The molecule has 0 atom stereocenters. The molecular formula is C50H33NS. The van der Waals surface area contributed by atoms with Crippen LogP contribution in [-0.2, 0) is 0 Å². The summed E-state index contributed by atoms with van der Waals surface area (Å²) in [5.74, 6) is 0. The van der Waals surface area contributed by atoms with Gasteiger partial charge in [0.25, 0.3) is 0 Å². The van der Waals surface area contributed by atoms with Gasteiger partial charge in [-0.25, -0.2) is 0 Å². The summed E-state index contributed by atoms with van der Waals surface area (Å²) >= 11 is 1.86. The summed E-state index contributed by atoms with van der Waals surface area (Å²) in [6.45, 7) is 0. The Balaban J connectivity index is 1.35. The average Bonchev–Trinajstić information content (AvgIpc) is 3.60. The first-order valence-corrected chi connectivity index (χ1v) is 18.6. The molecular weight excluding hydrogens is 647 g/mol. The van der Waals surface area contributed by atoms with Crippen molar-refractivity contribution in [2.24, 2.45) is 0 Å². The lowest BCUT2D eigenvalue weighted by molar-refractivity contribution is 1.31. The summed E-state index contributed by atoms with van der Waals surface area (Å²) in [7, 11) is 0. The number of nitrogens with zero attached hydrogens (tertiary/aromatic N) is 1. The molecule has 0 radical (unpaired) electrons. The summed E-state index contributed by atoms with van der Waals surface area (Å²) in [6, 6.07) is 73.1. The molecule has 0 aliphatic rings. The standard InChI is InChI=1S/C50H33NS/c1-4-16-34(17-5-1)39-30-28-37(32-45(39)35-18-6-2-7-19-35)51(38-29-31-48-46(33-38)42-24-14-15-27-47(42)52-48)50-44-26-13-11-23-41(44)40-22-10-12-25-43(40)49(50)36-20-8-3-9-21-36/h1-33H. The van der Waals surface area contributed by atoms with Crippen LogP contribution in [0.3, 0.4) is 0 Å². The Labute approximate surface area is 307 Å². The van der Waals surface area contributed by atoms with E-state index in [9.17, 15) is 0 Å². The summed E-state index contributed by atoms with van der Waals surface area (Å²) < 4.78 is 2.60. The first-order chi connectivity index (χ1) is 25.8. The Morgan fingerprint density at radius 1 is 0.308 bits per heavy atom. The van der Waals surface area contributed by atoms with Crippen LogP contribution in [-0.4, -0.2) is 0 Å². The summed E-state index contributed by atoms with van der Waals surface area (Å²) in [5, 5.41) is 7.51. The van der Waals surface area contributed by atoms with Crippen molar-refractivity contribution in [3.8, 4) is 33.4 Å². The van der Waals surface area contributed by atoms with Gasteiger partial charge in [-0.05, 0) is 80.4 Å². The fourth-order valence-electron chi connectivity index (χ4n) is 7.91. The highest BCUT2D eigenvalue weighted by molar-refractivity contribution is 7.25. The lowest BCUT2D eigenvalue weighted by Crippen LogP contribution is -2.12. The molecule has 10 rings (SSSR count). The maximum atomic E-state index is 2.52. The van der Waals surface area contributed by atoms with Gasteiger partial charge in [0, 0.05) is 42.5 Å². The normalized spacial score (nSPS) is 11.5. The third-order valence-electron chi connectivity index (χ3n) is 10.2. The van der Waals surface area contributed by atoms with E-state index in [0.29, 0.717) is 0 Å². The Bertz CT molecular complexity index is 2890. The molecule has 1 heterocycles. The Hall–Kier alpha value is -6.48. The van der Waals surface area contributed by atoms with Crippen molar-refractivity contribution in [3.63, 3.8) is 0 Å². The van der Waals surface area contributed by atoms with Crippen molar-refractivity contribution in [2.45, 2.75) is 0 Å². The Kier molecular flexibility index (Phi) is 7.41. The quantitative estimate of drug-likeness (QED) is 0.158. The van der Waals surface area contributed by atoms with Crippen molar-refractivity contribution in [1.82, 2.24) is 0 Å². The highest BCUT2D eigenvalue weighted by atomic mass is 32.1. The van der Waals surface area contributed by atoms with Gasteiger partial charge in [-0.3, -0.25) is 0 Å². The van der Waals surface area contributed by atoms with Gasteiger partial charge in [0.05, 0.1) is 5.69 Å². The van der Waals surface area contributed by atoms with E-state index < -0.39 is 0 Å².